The first kappa shape index (κ1) is 13.0. The highest BCUT2D eigenvalue weighted by Gasteiger charge is 2.32. The summed E-state index contributed by atoms with van der Waals surface area (Å²) in [5, 5.41) is 18.8. The maximum atomic E-state index is 11.9. The SMILES string of the molecule is NCc1ccc(CC(=O)N2CC(O)C(O)C2)cc1. The second-order valence-corrected chi connectivity index (χ2v) is 4.63. The summed E-state index contributed by atoms with van der Waals surface area (Å²) in [5.74, 6) is -0.0777. The van der Waals surface area contributed by atoms with Gasteiger partial charge in [-0.25, -0.2) is 0 Å². The van der Waals surface area contributed by atoms with E-state index in [1.54, 1.807) is 0 Å². The van der Waals surface area contributed by atoms with Crippen LogP contribution in [-0.4, -0.2) is 46.3 Å². The van der Waals surface area contributed by atoms with Crippen LogP contribution in [0.1, 0.15) is 11.1 Å². The van der Waals surface area contributed by atoms with E-state index in [1.165, 1.54) is 4.90 Å². The Morgan fingerprint density at radius 2 is 1.67 bits per heavy atom. The summed E-state index contributed by atoms with van der Waals surface area (Å²) in [6, 6.07) is 7.55. The number of rotatable bonds is 3. The topological polar surface area (TPSA) is 86.8 Å². The Morgan fingerprint density at radius 3 is 2.17 bits per heavy atom. The molecule has 2 rings (SSSR count). The number of aliphatic hydroxyl groups is 2. The maximum absolute atomic E-state index is 11.9. The fraction of sp³-hybridized carbons (Fsp3) is 0.462. The van der Waals surface area contributed by atoms with Crippen LogP contribution < -0.4 is 5.73 Å². The van der Waals surface area contributed by atoms with E-state index in [4.69, 9.17) is 5.73 Å². The first-order valence-corrected chi connectivity index (χ1v) is 6.02. The van der Waals surface area contributed by atoms with Crippen molar-refractivity contribution >= 4 is 5.91 Å². The van der Waals surface area contributed by atoms with Gasteiger partial charge in [-0.15, -0.1) is 0 Å². The van der Waals surface area contributed by atoms with E-state index in [-0.39, 0.29) is 25.4 Å². The fourth-order valence-corrected chi connectivity index (χ4v) is 2.05. The van der Waals surface area contributed by atoms with Crippen LogP contribution in [0.25, 0.3) is 0 Å². The second kappa shape index (κ2) is 5.48. The van der Waals surface area contributed by atoms with Crippen molar-refractivity contribution in [2.75, 3.05) is 13.1 Å². The minimum atomic E-state index is -0.825. The number of benzene rings is 1. The van der Waals surface area contributed by atoms with Crippen molar-refractivity contribution in [3.63, 3.8) is 0 Å². The number of carbonyl (C=O) groups is 1. The molecule has 1 aromatic rings. The summed E-state index contributed by atoms with van der Waals surface area (Å²) in [4.78, 5) is 13.4. The first-order valence-electron chi connectivity index (χ1n) is 6.02. The Bertz CT molecular complexity index is 409. The van der Waals surface area contributed by atoms with E-state index < -0.39 is 12.2 Å². The molecule has 2 atom stereocenters. The van der Waals surface area contributed by atoms with E-state index in [1.807, 2.05) is 24.3 Å². The molecule has 4 N–H and O–H groups in total. The predicted molar refractivity (Wildman–Crippen MR) is 66.6 cm³/mol. The number of carbonyl (C=O) groups excluding carboxylic acids is 1. The van der Waals surface area contributed by atoms with Gasteiger partial charge in [-0.3, -0.25) is 4.79 Å². The standard InChI is InChI=1S/C13H18N2O3/c14-6-10-3-1-9(2-4-10)5-13(18)15-7-11(16)12(17)8-15/h1-4,11-12,16-17H,5-8,14H2. The van der Waals surface area contributed by atoms with Gasteiger partial charge in [-0.1, -0.05) is 24.3 Å². The Labute approximate surface area is 106 Å². The van der Waals surface area contributed by atoms with E-state index in [2.05, 4.69) is 0 Å². The molecule has 1 saturated heterocycles. The van der Waals surface area contributed by atoms with Gasteiger partial charge in [0.2, 0.25) is 5.91 Å². The normalized spacial score (nSPS) is 23.4. The van der Waals surface area contributed by atoms with E-state index >= 15 is 0 Å². The molecule has 1 aromatic carbocycles. The lowest BCUT2D eigenvalue weighted by Gasteiger charge is -2.15. The number of β-amino-alcohol motifs (C(OH)–C–C–N with tert-alkyl or cyclic N) is 2. The quantitative estimate of drug-likeness (QED) is 0.659. The number of amides is 1. The highest BCUT2D eigenvalue weighted by Crippen LogP contribution is 2.13. The molecule has 2 unspecified atom stereocenters. The summed E-state index contributed by atoms with van der Waals surface area (Å²) >= 11 is 0. The van der Waals surface area contributed by atoms with Crippen molar-refractivity contribution in [2.24, 2.45) is 5.73 Å². The molecule has 1 aliphatic heterocycles. The van der Waals surface area contributed by atoms with Gasteiger partial charge in [0, 0.05) is 19.6 Å². The fourth-order valence-electron chi connectivity index (χ4n) is 2.05. The Balaban J connectivity index is 1.94. The molecule has 18 heavy (non-hydrogen) atoms. The number of nitrogens with two attached hydrogens (primary N) is 1. The molecule has 0 spiro atoms. The monoisotopic (exact) mass is 250 g/mol. The molecule has 5 heteroatoms. The lowest BCUT2D eigenvalue weighted by molar-refractivity contribution is -0.129. The molecule has 1 aliphatic rings. The Hall–Kier alpha value is -1.43. The van der Waals surface area contributed by atoms with Crippen LogP contribution in [-0.2, 0) is 17.8 Å². The third-order valence-electron chi connectivity index (χ3n) is 3.23. The highest BCUT2D eigenvalue weighted by atomic mass is 16.3. The second-order valence-electron chi connectivity index (χ2n) is 4.63. The van der Waals surface area contributed by atoms with Gasteiger partial charge in [-0.2, -0.15) is 0 Å². The van der Waals surface area contributed by atoms with Crippen molar-refractivity contribution in [2.45, 2.75) is 25.2 Å². The molecule has 0 saturated carbocycles. The van der Waals surface area contributed by atoms with Crippen LogP contribution in [0.4, 0.5) is 0 Å². The molecule has 0 radical (unpaired) electrons. The number of aliphatic hydroxyl groups excluding tert-OH is 2. The summed E-state index contributed by atoms with van der Waals surface area (Å²) in [7, 11) is 0. The van der Waals surface area contributed by atoms with Gasteiger partial charge in [-0.05, 0) is 11.1 Å². The molecular weight excluding hydrogens is 232 g/mol. The zero-order valence-electron chi connectivity index (χ0n) is 10.1. The van der Waals surface area contributed by atoms with Crippen LogP contribution in [0.5, 0.6) is 0 Å². The zero-order chi connectivity index (χ0) is 13.1. The molecule has 0 aromatic heterocycles. The minimum absolute atomic E-state index is 0.0777. The van der Waals surface area contributed by atoms with Crippen LogP contribution >= 0.6 is 0 Å². The van der Waals surface area contributed by atoms with Crippen LogP contribution in [0.3, 0.4) is 0 Å². The Morgan fingerprint density at radius 1 is 1.17 bits per heavy atom. The molecule has 98 valence electrons. The third-order valence-corrected chi connectivity index (χ3v) is 3.23. The van der Waals surface area contributed by atoms with E-state index in [0.717, 1.165) is 11.1 Å². The average Bonchev–Trinajstić information content (AvgIpc) is 2.71. The van der Waals surface area contributed by atoms with Crippen molar-refractivity contribution in [1.29, 1.82) is 0 Å². The molecule has 0 bridgehead atoms. The number of hydrogen-bond acceptors (Lipinski definition) is 4. The van der Waals surface area contributed by atoms with Gasteiger partial charge in [0.25, 0.3) is 0 Å². The molecule has 1 fully saturated rings. The highest BCUT2D eigenvalue weighted by molar-refractivity contribution is 5.79. The van der Waals surface area contributed by atoms with Crippen molar-refractivity contribution < 1.29 is 15.0 Å². The third kappa shape index (κ3) is 2.87. The number of likely N-dealkylation sites (tertiary alicyclic amines) is 1. The lowest BCUT2D eigenvalue weighted by atomic mass is 10.1. The van der Waals surface area contributed by atoms with Gasteiger partial charge in [0.15, 0.2) is 0 Å². The Kier molecular flexibility index (Phi) is 3.96. The van der Waals surface area contributed by atoms with Gasteiger partial charge >= 0.3 is 0 Å². The van der Waals surface area contributed by atoms with E-state index in [0.29, 0.717) is 6.54 Å². The predicted octanol–water partition coefficient (Wildman–Crippen LogP) is -0.748. The van der Waals surface area contributed by atoms with Crippen LogP contribution in [0.15, 0.2) is 24.3 Å². The van der Waals surface area contributed by atoms with Crippen molar-refractivity contribution in [1.82, 2.24) is 4.90 Å². The molecule has 0 aliphatic carbocycles. The molecule has 5 nitrogen and oxygen atoms in total. The summed E-state index contributed by atoms with van der Waals surface area (Å²) < 4.78 is 0. The smallest absolute Gasteiger partial charge is 0.227 e. The van der Waals surface area contributed by atoms with Crippen LogP contribution in [0.2, 0.25) is 0 Å². The average molecular weight is 250 g/mol. The largest absolute Gasteiger partial charge is 0.388 e. The van der Waals surface area contributed by atoms with Crippen molar-refractivity contribution in [3.05, 3.63) is 35.4 Å². The van der Waals surface area contributed by atoms with Gasteiger partial charge < -0.3 is 20.8 Å². The van der Waals surface area contributed by atoms with E-state index in [9.17, 15) is 15.0 Å². The summed E-state index contributed by atoms with van der Waals surface area (Å²) in [6.07, 6.45) is -1.37. The minimum Gasteiger partial charge on any atom is -0.388 e. The van der Waals surface area contributed by atoms with Gasteiger partial charge in [0.05, 0.1) is 18.6 Å². The van der Waals surface area contributed by atoms with Gasteiger partial charge in [0.1, 0.15) is 0 Å². The van der Waals surface area contributed by atoms with Crippen LogP contribution in [0, 0.1) is 0 Å². The number of nitrogens with zero attached hydrogens (tertiary/aromatic N) is 1. The molecule has 1 amide bonds. The summed E-state index contributed by atoms with van der Waals surface area (Å²) in [6.45, 7) is 0.903. The number of hydrogen-bond donors (Lipinski definition) is 3. The van der Waals surface area contributed by atoms with Crippen molar-refractivity contribution in [3.8, 4) is 0 Å². The maximum Gasteiger partial charge on any atom is 0.227 e. The molecular formula is C13H18N2O3. The molecule has 1 heterocycles. The summed E-state index contributed by atoms with van der Waals surface area (Å²) in [5.41, 5.74) is 7.44. The first-order chi connectivity index (χ1) is 8.60. The zero-order valence-corrected chi connectivity index (χ0v) is 10.1. The lowest BCUT2D eigenvalue weighted by Crippen LogP contribution is -2.31.